The number of hydrogen-bond donors (Lipinski definition) is 3. The van der Waals surface area contributed by atoms with E-state index in [1.807, 2.05) is 6.92 Å². The number of aliphatic carboxylic acids is 2. The van der Waals surface area contributed by atoms with Gasteiger partial charge in [0.1, 0.15) is 12.1 Å². The summed E-state index contributed by atoms with van der Waals surface area (Å²) in [7, 11) is 0. The Morgan fingerprint density at radius 2 is 1.95 bits per heavy atom. The Morgan fingerprint density at radius 3 is 2.50 bits per heavy atom. The van der Waals surface area contributed by atoms with Crippen LogP contribution in [0.4, 0.5) is 0 Å². The van der Waals surface area contributed by atoms with Crippen LogP contribution in [0.5, 0.6) is 0 Å². The van der Waals surface area contributed by atoms with E-state index in [1.54, 1.807) is 18.7 Å². The summed E-state index contributed by atoms with van der Waals surface area (Å²) < 4.78 is 9.28. The zero-order valence-corrected chi connectivity index (χ0v) is 22.3. The third kappa shape index (κ3) is 8.01. The van der Waals surface area contributed by atoms with Gasteiger partial charge in [-0.15, -0.1) is 0 Å². The van der Waals surface area contributed by atoms with Gasteiger partial charge in [-0.3, -0.25) is 19.5 Å². The lowest BCUT2D eigenvalue weighted by atomic mass is 9.84. The zero-order valence-electron chi connectivity index (χ0n) is 22.3. The molecule has 0 radical (unpaired) electrons. The summed E-state index contributed by atoms with van der Waals surface area (Å²) in [4.78, 5) is 48.8. The Hall–Kier alpha value is -3.48. The number of carboxylic acid groups (broad SMARTS) is 2. The molecule has 0 spiro atoms. The molecule has 38 heavy (non-hydrogen) atoms. The molecule has 2 fully saturated rings. The second kappa shape index (κ2) is 14.5. The first kappa shape index (κ1) is 30.7. The lowest BCUT2D eigenvalue weighted by molar-refractivity contribution is -0.806. The maximum atomic E-state index is 13.1. The van der Waals surface area contributed by atoms with Gasteiger partial charge in [0.15, 0.2) is 5.69 Å². The average Bonchev–Trinajstić information content (AvgIpc) is 3.42. The van der Waals surface area contributed by atoms with Crippen molar-refractivity contribution in [1.82, 2.24) is 15.4 Å². The highest BCUT2D eigenvalue weighted by Gasteiger charge is 2.48. The van der Waals surface area contributed by atoms with E-state index in [0.717, 1.165) is 38.2 Å². The number of fused-ring (bicyclic) bond motifs is 1. The van der Waals surface area contributed by atoms with Gasteiger partial charge in [-0.1, -0.05) is 26.2 Å². The average molecular weight is 539 g/mol. The van der Waals surface area contributed by atoms with Crippen LogP contribution >= 0.6 is 0 Å². The van der Waals surface area contributed by atoms with Crippen LogP contribution in [-0.2, 0) is 23.9 Å². The molecule has 0 unspecified atom stereocenters. The molecule has 1 aromatic rings. The number of nitrogens with zero attached hydrogens (tertiary/aromatic N) is 3. The van der Waals surface area contributed by atoms with E-state index in [-0.39, 0.29) is 40.1 Å². The highest BCUT2D eigenvalue weighted by Crippen LogP contribution is 2.40. The minimum atomic E-state index is -1.10. The van der Waals surface area contributed by atoms with Gasteiger partial charge in [-0.2, -0.15) is 0 Å². The number of amides is 1. The maximum absolute atomic E-state index is 13.1. The minimum Gasteiger partial charge on any atom is -0.480 e. The molecule has 212 valence electrons. The van der Waals surface area contributed by atoms with E-state index in [9.17, 15) is 29.5 Å². The normalized spacial score (nSPS) is 22.2. The number of carboxylic acids is 2. The summed E-state index contributed by atoms with van der Waals surface area (Å²) >= 11 is 0. The molecule has 1 aromatic heterocycles. The number of carbonyl (C=O) groups is 4. The van der Waals surface area contributed by atoms with Crippen molar-refractivity contribution < 1.29 is 43.7 Å². The molecule has 2 aliphatic rings. The van der Waals surface area contributed by atoms with Gasteiger partial charge < -0.3 is 25.1 Å². The lowest BCUT2D eigenvalue weighted by Crippen LogP contribution is -2.55. The van der Waals surface area contributed by atoms with Crippen molar-refractivity contribution in [3.63, 3.8) is 0 Å². The van der Waals surface area contributed by atoms with Crippen LogP contribution in [-0.4, -0.2) is 74.9 Å². The third-order valence-corrected chi connectivity index (χ3v) is 6.84. The molecule has 1 saturated carbocycles. The van der Waals surface area contributed by atoms with Crippen molar-refractivity contribution in [2.75, 3.05) is 6.61 Å². The Labute approximate surface area is 221 Å². The monoisotopic (exact) mass is 538 g/mol. The maximum Gasteiger partial charge on any atom is 0.328 e. The first-order valence-corrected chi connectivity index (χ1v) is 13.0. The largest absolute Gasteiger partial charge is 0.480 e. The summed E-state index contributed by atoms with van der Waals surface area (Å²) in [6.07, 6.45) is 7.94. The van der Waals surface area contributed by atoms with Crippen LogP contribution in [0.25, 0.3) is 6.08 Å². The van der Waals surface area contributed by atoms with Crippen molar-refractivity contribution in [2.24, 2.45) is 5.92 Å². The van der Waals surface area contributed by atoms with Crippen LogP contribution in [0.3, 0.4) is 0 Å². The highest BCUT2D eigenvalue weighted by atomic mass is 16.8. The number of hydrogen-bond acceptors (Lipinski definition) is 9. The molecule has 3 rings (SSSR count). The summed E-state index contributed by atoms with van der Waals surface area (Å²) in [5, 5.41) is 34.8. The van der Waals surface area contributed by atoms with Gasteiger partial charge in [0.2, 0.25) is 11.6 Å². The minimum absolute atomic E-state index is 0.00817. The lowest BCUT2D eigenvalue weighted by Gasteiger charge is -2.35. The van der Waals surface area contributed by atoms with Gasteiger partial charge in [0.25, 0.3) is 0 Å². The molecule has 3 N–H and O–H groups in total. The fourth-order valence-corrected chi connectivity index (χ4v) is 5.00. The number of carbonyl (C=O) groups excluding carboxylic acids is 2. The number of aromatic nitrogens is 2. The molecule has 13 heteroatoms. The van der Waals surface area contributed by atoms with E-state index < -0.39 is 30.1 Å². The molecule has 0 aromatic carbocycles. The van der Waals surface area contributed by atoms with Crippen LogP contribution in [0, 0.1) is 18.0 Å². The molecule has 1 aliphatic carbocycles. The molecule has 1 saturated heterocycles. The number of likely N-dealkylation sites (tertiary alicyclic amines) is 1. The summed E-state index contributed by atoms with van der Waals surface area (Å²) in [6, 6.07) is -1.92. The topological polar surface area (TPSA) is 186 Å². The van der Waals surface area contributed by atoms with Crippen LogP contribution in [0.15, 0.2) is 10.7 Å². The summed E-state index contributed by atoms with van der Waals surface area (Å²) in [6.45, 7) is 7.19. The predicted octanol–water partition coefficient (Wildman–Crippen LogP) is 1.65. The van der Waals surface area contributed by atoms with Crippen molar-refractivity contribution in [3.05, 3.63) is 22.7 Å². The van der Waals surface area contributed by atoms with Crippen LogP contribution in [0.2, 0.25) is 0 Å². The molecule has 1 amide bonds. The molecule has 5 atom stereocenters. The number of esters is 1. The number of ether oxygens (including phenoxy) is 1. The fourth-order valence-electron chi connectivity index (χ4n) is 5.00. The van der Waals surface area contributed by atoms with E-state index in [4.69, 9.17) is 9.84 Å². The van der Waals surface area contributed by atoms with Gasteiger partial charge >= 0.3 is 17.9 Å². The van der Waals surface area contributed by atoms with Gasteiger partial charge in [0, 0.05) is 30.3 Å². The molecule has 13 nitrogen and oxygen atoms in total. The first-order valence-electron chi connectivity index (χ1n) is 13.0. The Morgan fingerprint density at radius 1 is 1.26 bits per heavy atom. The highest BCUT2D eigenvalue weighted by molar-refractivity contribution is 5.88. The molecular formula is C25H38N4O9. The molecule has 2 heterocycles. The van der Waals surface area contributed by atoms with Gasteiger partial charge in [-0.25, -0.2) is 9.59 Å². The van der Waals surface area contributed by atoms with Gasteiger partial charge in [0.05, 0.1) is 12.6 Å². The van der Waals surface area contributed by atoms with Crippen molar-refractivity contribution in [2.45, 2.75) is 96.8 Å². The van der Waals surface area contributed by atoms with Gasteiger partial charge in [-0.05, 0) is 50.4 Å². The second-order valence-electron chi connectivity index (χ2n) is 9.50. The van der Waals surface area contributed by atoms with E-state index in [0.29, 0.717) is 19.4 Å². The second-order valence-corrected chi connectivity index (χ2v) is 9.50. The SMILES string of the molecule is CCC[C@H](N[C@@H](C)C(=O)N1[C@H](C(=O)O)C[C@@H]2CCCC[C@@H]21)C(=O)OCC.Cc1c(C=CC(=O)O)no[n+]1[O-]. The Kier molecular flexibility index (Phi) is 11.7. The molecular weight excluding hydrogens is 500 g/mol. The summed E-state index contributed by atoms with van der Waals surface area (Å²) in [5.41, 5.74) is 0.444. The van der Waals surface area contributed by atoms with E-state index >= 15 is 0 Å². The Bertz CT molecular complexity index is 1010. The number of rotatable bonds is 10. The molecule has 1 aliphatic heterocycles. The Balaban J connectivity index is 0.000000352. The van der Waals surface area contributed by atoms with Crippen LogP contribution in [0.1, 0.15) is 77.1 Å². The standard InChI is InChI=1S/C19H32N2O5.C6H6N2O4/c1-4-8-14(19(25)26-5-2)20-12(3)17(22)21-15-10-7-6-9-13(15)11-16(21)18(23)24;1-4-5(2-3-6(9)10)7-12-8(4)11/h12-16,20H,4-11H2,1-3H3,(H,23,24);2-3H,1H3,(H,9,10)/t12-,13-,14-,15-,16-;/m0./s1. The van der Waals surface area contributed by atoms with E-state index in [1.165, 1.54) is 13.0 Å². The summed E-state index contributed by atoms with van der Waals surface area (Å²) in [5.74, 6) is -2.35. The van der Waals surface area contributed by atoms with Crippen molar-refractivity contribution in [3.8, 4) is 0 Å². The van der Waals surface area contributed by atoms with E-state index in [2.05, 4.69) is 15.1 Å². The fraction of sp³-hybridized carbons (Fsp3) is 0.680. The first-order chi connectivity index (χ1) is 18.0. The smallest absolute Gasteiger partial charge is 0.328 e. The van der Waals surface area contributed by atoms with Crippen molar-refractivity contribution in [1.29, 1.82) is 0 Å². The van der Waals surface area contributed by atoms with Crippen LogP contribution < -0.4 is 10.2 Å². The van der Waals surface area contributed by atoms with Crippen molar-refractivity contribution >= 4 is 29.9 Å². The zero-order chi connectivity index (χ0) is 28.4. The number of nitrogens with one attached hydrogen (secondary N) is 1. The predicted molar refractivity (Wildman–Crippen MR) is 133 cm³/mol. The third-order valence-electron chi connectivity index (χ3n) is 6.84. The molecule has 0 bridgehead atoms. The quantitative estimate of drug-likeness (QED) is 0.223.